The van der Waals surface area contributed by atoms with E-state index in [1.54, 1.807) is 35.3 Å². The van der Waals surface area contributed by atoms with Crippen molar-refractivity contribution in [2.24, 2.45) is 5.41 Å². The molecule has 4 aliphatic rings. The number of thiazole rings is 1. The van der Waals surface area contributed by atoms with E-state index in [0.29, 0.717) is 94.3 Å². The summed E-state index contributed by atoms with van der Waals surface area (Å²) in [5.74, 6) is -0.218. The number of benzene rings is 2. The molecule has 7 heterocycles. The number of likely N-dealkylation sites (tertiary alicyclic amines) is 1. The first kappa shape index (κ1) is 47.9. The van der Waals surface area contributed by atoms with Gasteiger partial charge in [0.15, 0.2) is 5.82 Å². The van der Waals surface area contributed by atoms with E-state index in [9.17, 15) is 19.2 Å². The summed E-state index contributed by atoms with van der Waals surface area (Å²) in [5, 5.41) is 11.1. The number of halogens is 2. The van der Waals surface area contributed by atoms with E-state index in [1.165, 1.54) is 12.4 Å². The van der Waals surface area contributed by atoms with E-state index in [-0.39, 0.29) is 41.6 Å². The molecule has 15 nitrogen and oxygen atoms in total. The van der Waals surface area contributed by atoms with Gasteiger partial charge in [0, 0.05) is 93.2 Å². The van der Waals surface area contributed by atoms with Gasteiger partial charge in [-0.2, -0.15) is 5.10 Å². The van der Waals surface area contributed by atoms with Gasteiger partial charge in [-0.25, -0.2) is 23.7 Å². The van der Waals surface area contributed by atoms with E-state index < -0.39 is 29.8 Å². The molecule has 2 N–H and O–H groups in total. The number of rotatable bonds is 12. The summed E-state index contributed by atoms with van der Waals surface area (Å²) >= 11 is 1.58. The summed E-state index contributed by atoms with van der Waals surface area (Å²) in [6.07, 6.45) is 4.78. The molecule has 9 rings (SSSR count). The van der Waals surface area contributed by atoms with E-state index in [0.717, 1.165) is 57.8 Å². The molecule has 1 unspecified atom stereocenters. The Hall–Kier alpha value is -6.14. The average molecular weight is 963 g/mol. The molecule has 0 saturated carbocycles. The van der Waals surface area contributed by atoms with Crippen LogP contribution in [0.2, 0.25) is 0 Å². The summed E-state index contributed by atoms with van der Waals surface area (Å²) in [4.78, 5) is 73.7. The molecule has 4 aliphatic heterocycles. The predicted molar refractivity (Wildman–Crippen MR) is 258 cm³/mol. The quantitative estimate of drug-likeness (QED) is 0.128. The van der Waals surface area contributed by atoms with Crippen LogP contribution < -0.4 is 15.5 Å². The van der Waals surface area contributed by atoms with Crippen molar-refractivity contribution < 1.29 is 32.7 Å². The Bertz CT molecular complexity index is 2710. The largest absolute Gasteiger partial charge is 0.381 e. The second kappa shape index (κ2) is 20.1. The molecule has 2 fully saturated rings. The van der Waals surface area contributed by atoms with Gasteiger partial charge in [0.25, 0.3) is 6.43 Å². The van der Waals surface area contributed by atoms with Crippen LogP contribution >= 0.6 is 11.3 Å². The molecule has 0 spiro atoms. The number of aromatic nitrogens is 5. The Kier molecular flexibility index (Phi) is 13.9. The lowest BCUT2D eigenvalue weighted by Crippen LogP contribution is -2.57. The number of carbonyl (C=O) groups is 4. The second-order valence-electron chi connectivity index (χ2n) is 19.7. The lowest BCUT2D eigenvalue weighted by Gasteiger charge is -2.35. The van der Waals surface area contributed by atoms with Gasteiger partial charge in [-0.1, -0.05) is 45.0 Å². The van der Waals surface area contributed by atoms with Gasteiger partial charge in [0.05, 0.1) is 35.1 Å². The zero-order valence-electron chi connectivity index (χ0n) is 39.9. The van der Waals surface area contributed by atoms with E-state index in [4.69, 9.17) is 9.84 Å². The Morgan fingerprint density at radius 1 is 0.928 bits per heavy atom. The summed E-state index contributed by atoms with van der Waals surface area (Å²) in [6, 6.07) is 9.86. The zero-order chi connectivity index (χ0) is 48.6. The van der Waals surface area contributed by atoms with Crippen molar-refractivity contribution in [2.45, 2.75) is 124 Å². The average Bonchev–Trinajstić information content (AvgIpc) is 4.11. The molecule has 2 saturated heterocycles. The third-order valence-electron chi connectivity index (χ3n) is 13.9. The van der Waals surface area contributed by atoms with Crippen LogP contribution in [0.15, 0.2) is 54.3 Å². The standard InChI is InChI=1S/C51H60F2N10O5S/c1-30-45(69-29-57-30)33-12-10-32(11-13-33)25-56-49(66)41-9-7-18-62(41)50(67)46(51(3,4)5)58-44(65)24-43-54-26-35(27-55-43)37-22-34-8-6-17-61(42(34)23-38(37)47(52)53)48-39-28-60(31(2)64)19-14-40(39)63(59-48)36-15-20-68-21-16-36/h10-13,22-23,26-27,29,36,41,46-47H,6-9,14-21,24-25,28H2,1-5H3,(H,56,66)(H,58,65)/t41?,46-/m1/s1. The third-order valence-corrected chi connectivity index (χ3v) is 14.9. The maximum atomic E-state index is 15.1. The number of anilines is 2. The molecule has 69 heavy (non-hydrogen) atoms. The number of aryl methyl sites for hydroxylation is 2. The van der Waals surface area contributed by atoms with Crippen LogP contribution in [-0.4, -0.2) is 103 Å². The number of hydrogen-bond donors (Lipinski definition) is 2. The molecular formula is C51H60F2N10O5S. The van der Waals surface area contributed by atoms with Crippen molar-refractivity contribution in [3.63, 3.8) is 0 Å². The van der Waals surface area contributed by atoms with Gasteiger partial charge in [0.2, 0.25) is 23.6 Å². The minimum Gasteiger partial charge on any atom is -0.381 e. The summed E-state index contributed by atoms with van der Waals surface area (Å²) < 4.78 is 38.0. The Morgan fingerprint density at radius 3 is 2.36 bits per heavy atom. The van der Waals surface area contributed by atoms with Crippen LogP contribution in [0.25, 0.3) is 21.6 Å². The lowest BCUT2D eigenvalue weighted by atomic mass is 9.85. The van der Waals surface area contributed by atoms with Crippen molar-refractivity contribution in [3.8, 4) is 21.6 Å². The zero-order valence-corrected chi connectivity index (χ0v) is 40.7. The first-order valence-corrected chi connectivity index (χ1v) is 24.9. The van der Waals surface area contributed by atoms with Crippen molar-refractivity contribution in [2.75, 3.05) is 37.7 Å². The van der Waals surface area contributed by atoms with Crippen molar-refractivity contribution in [1.82, 2.24) is 45.2 Å². The monoisotopic (exact) mass is 962 g/mol. The molecule has 0 bridgehead atoms. The van der Waals surface area contributed by atoms with Crippen LogP contribution in [0.1, 0.15) is 112 Å². The van der Waals surface area contributed by atoms with Crippen molar-refractivity contribution in [3.05, 3.63) is 93.8 Å². The maximum absolute atomic E-state index is 15.1. The molecule has 0 radical (unpaired) electrons. The van der Waals surface area contributed by atoms with Crippen LogP contribution in [0.5, 0.6) is 0 Å². The van der Waals surface area contributed by atoms with E-state index in [2.05, 4.69) is 30.3 Å². The first-order chi connectivity index (χ1) is 33.1. The maximum Gasteiger partial charge on any atom is 0.264 e. The summed E-state index contributed by atoms with van der Waals surface area (Å²) in [6.45, 7) is 12.7. The number of ether oxygens (including phenoxy) is 1. The highest BCUT2D eigenvalue weighted by molar-refractivity contribution is 7.13. The van der Waals surface area contributed by atoms with Gasteiger partial charge in [-0.05, 0) is 85.3 Å². The minimum atomic E-state index is -2.81. The molecule has 18 heteroatoms. The van der Waals surface area contributed by atoms with Gasteiger partial charge >= 0.3 is 0 Å². The molecule has 2 aromatic carbocycles. The highest BCUT2D eigenvalue weighted by Crippen LogP contribution is 2.44. The van der Waals surface area contributed by atoms with Crippen LogP contribution in [0.3, 0.4) is 0 Å². The number of carbonyl (C=O) groups excluding carboxylic acids is 4. The smallest absolute Gasteiger partial charge is 0.264 e. The number of alkyl halides is 2. The van der Waals surface area contributed by atoms with Crippen LogP contribution in [0, 0.1) is 12.3 Å². The van der Waals surface area contributed by atoms with Crippen LogP contribution in [-0.2, 0) is 56.3 Å². The lowest BCUT2D eigenvalue weighted by molar-refractivity contribution is -0.143. The highest BCUT2D eigenvalue weighted by Gasteiger charge is 2.42. The van der Waals surface area contributed by atoms with Crippen molar-refractivity contribution >= 4 is 46.5 Å². The van der Waals surface area contributed by atoms with E-state index in [1.807, 2.05) is 67.3 Å². The first-order valence-electron chi connectivity index (χ1n) is 24.0. The Morgan fingerprint density at radius 2 is 1.68 bits per heavy atom. The Balaban J connectivity index is 0.877. The van der Waals surface area contributed by atoms with E-state index >= 15 is 8.78 Å². The van der Waals surface area contributed by atoms with Crippen molar-refractivity contribution in [1.29, 1.82) is 0 Å². The molecule has 0 aliphatic carbocycles. The molecule has 364 valence electrons. The fourth-order valence-corrected chi connectivity index (χ4v) is 11.0. The fourth-order valence-electron chi connectivity index (χ4n) is 10.2. The SMILES string of the molecule is CC(=O)N1CCc2c(c(N3CCCc4cc(-c5cnc(CC(=O)N[C@H](C(=O)N6CCCC6C(=O)NCc6ccc(-c7scnc7C)cc6)C(C)(C)C)nc5)c(C(F)F)cc43)nn2C2CCOCC2)C1. The topological polar surface area (TPSA) is 168 Å². The van der Waals surface area contributed by atoms with Gasteiger partial charge < -0.3 is 30.1 Å². The number of amides is 4. The predicted octanol–water partition coefficient (Wildman–Crippen LogP) is 7.43. The molecule has 3 aromatic heterocycles. The minimum absolute atomic E-state index is 0.0155. The fraction of sp³-hybridized carbons (Fsp3) is 0.490. The molecule has 2 atom stereocenters. The number of nitrogens with zero attached hydrogens (tertiary/aromatic N) is 8. The molecular weight excluding hydrogens is 903 g/mol. The number of hydrogen-bond acceptors (Lipinski definition) is 11. The Labute approximate surface area is 405 Å². The third kappa shape index (κ3) is 10.1. The van der Waals surface area contributed by atoms with Gasteiger partial charge in [0.1, 0.15) is 17.9 Å². The number of fused-ring (bicyclic) bond motifs is 2. The molecule has 5 aromatic rings. The molecule has 4 amide bonds. The second-order valence-corrected chi connectivity index (χ2v) is 20.5. The summed E-state index contributed by atoms with van der Waals surface area (Å²) in [7, 11) is 0. The normalized spacial score (nSPS) is 18.0. The van der Waals surface area contributed by atoms with Crippen LogP contribution in [0.4, 0.5) is 20.3 Å². The highest BCUT2D eigenvalue weighted by atomic mass is 32.1. The summed E-state index contributed by atoms with van der Waals surface area (Å²) in [5.41, 5.74) is 8.22. The van der Waals surface area contributed by atoms with Gasteiger partial charge in [-0.15, -0.1) is 11.3 Å². The van der Waals surface area contributed by atoms with Gasteiger partial charge in [-0.3, -0.25) is 23.9 Å². The number of nitrogens with one attached hydrogen (secondary N) is 2.